The molecule has 4 nitrogen and oxygen atoms in total. The van der Waals surface area contributed by atoms with Crippen molar-refractivity contribution < 1.29 is 18.7 Å². The molecule has 0 saturated carbocycles. The van der Waals surface area contributed by atoms with Crippen LogP contribution in [0.25, 0.3) is 0 Å². The van der Waals surface area contributed by atoms with Crippen molar-refractivity contribution in [3.8, 4) is 0 Å². The molecule has 0 aliphatic heterocycles. The lowest BCUT2D eigenvalue weighted by Crippen LogP contribution is -2.45. The van der Waals surface area contributed by atoms with Crippen molar-refractivity contribution in [2.45, 2.75) is 37.8 Å². The van der Waals surface area contributed by atoms with Crippen molar-refractivity contribution in [2.75, 3.05) is 7.05 Å². The second-order valence-electron chi connectivity index (χ2n) is 3.33. The number of aliphatic hydroxyl groups excluding tert-OH is 1. The van der Waals surface area contributed by atoms with Gasteiger partial charge in [-0.1, -0.05) is 0 Å². The average Bonchev–Trinajstić information content (AvgIpc) is 2.10. The lowest BCUT2D eigenvalue weighted by atomic mass is 10.0. The van der Waals surface area contributed by atoms with Crippen molar-refractivity contribution in [3.05, 3.63) is 0 Å². The molecular formula is C8H16F2N2O2. The van der Waals surface area contributed by atoms with E-state index in [9.17, 15) is 18.7 Å². The maximum Gasteiger partial charge on any atom is 0.250 e. The van der Waals surface area contributed by atoms with Gasteiger partial charge in [-0.15, -0.1) is 0 Å². The molecule has 0 aromatic carbocycles. The van der Waals surface area contributed by atoms with Crippen LogP contribution in [0.5, 0.6) is 0 Å². The summed E-state index contributed by atoms with van der Waals surface area (Å²) < 4.78 is 24.8. The van der Waals surface area contributed by atoms with E-state index in [0.717, 1.165) is 6.92 Å². The number of aliphatic hydroxyl groups is 1. The number of rotatable bonds is 5. The molecule has 2 atom stereocenters. The standard InChI is InChI=1S/C8H16F2N2O2/c1-8(9,10)4-3-5(11)6(13)7(14)12-2/h5-6,13H,3-4,11H2,1-2H3,(H,12,14)/t5-,6?/m0/s1. The van der Waals surface area contributed by atoms with Gasteiger partial charge in [-0.3, -0.25) is 4.79 Å². The van der Waals surface area contributed by atoms with E-state index in [2.05, 4.69) is 5.32 Å². The number of amides is 1. The zero-order valence-corrected chi connectivity index (χ0v) is 8.26. The van der Waals surface area contributed by atoms with Crippen LogP contribution in [-0.4, -0.2) is 36.1 Å². The smallest absolute Gasteiger partial charge is 0.250 e. The fourth-order valence-electron chi connectivity index (χ4n) is 0.920. The first-order valence-electron chi connectivity index (χ1n) is 4.31. The van der Waals surface area contributed by atoms with Gasteiger partial charge in [-0.25, -0.2) is 8.78 Å². The Morgan fingerprint density at radius 2 is 2.14 bits per heavy atom. The molecule has 0 aliphatic carbocycles. The summed E-state index contributed by atoms with van der Waals surface area (Å²) in [4.78, 5) is 10.8. The molecule has 14 heavy (non-hydrogen) atoms. The first kappa shape index (κ1) is 13.2. The number of halogens is 2. The van der Waals surface area contributed by atoms with Gasteiger partial charge >= 0.3 is 0 Å². The second kappa shape index (κ2) is 5.21. The molecular weight excluding hydrogens is 194 g/mol. The average molecular weight is 210 g/mol. The third kappa shape index (κ3) is 5.08. The second-order valence-corrected chi connectivity index (χ2v) is 3.33. The molecule has 0 aromatic rings. The summed E-state index contributed by atoms with van der Waals surface area (Å²) >= 11 is 0. The summed E-state index contributed by atoms with van der Waals surface area (Å²) in [5.41, 5.74) is 5.36. The lowest BCUT2D eigenvalue weighted by Gasteiger charge is -2.19. The maximum absolute atomic E-state index is 12.4. The first-order valence-corrected chi connectivity index (χ1v) is 4.31. The Kier molecular flexibility index (Phi) is 4.93. The van der Waals surface area contributed by atoms with Crippen LogP contribution in [0.3, 0.4) is 0 Å². The van der Waals surface area contributed by atoms with Gasteiger partial charge in [0.05, 0.1) is 0 Å². The number of likely N-dealkylation sites (N-methyl/N-ethyl adjacent to an activating group) is 1. The van der Waals surface area contributed by atoms with Gasteiger partial charge < -0.3 is 16.2 Å². The largest absolute Gasteiger partial charge is 0.382 e. The first-order chi connectivity index (χ1) is 6.28. The number of nitrogens with two attached hydrogens (primary N) is 1. The summed E-state index contributed by atoms with van der Waals surface area (Å²) in [5.74, 6) is -3.48. The SMILES string of the molecule is CNC(=O)C(O)[C@@H](N)CCC(C)(F)F. The zero-order chi connectivity index (χ0) is 11.4. The molecule has 0 heterocycles. The molecule has 0 fully saturated rings. The molecule has 0 rings (SSSR count). The highest BCUT2D eigenvalue weighted by atomic mass is 19.3. The van der Waals surface area contributed by atoms with Gasteiger partial charge in [0.15, 0.2) is 0 Å². The van der Waals surface area contributed by atoms with Crippen LogP contribution in [0, 0.1) is 0 Å². The summed E-state index contributed by atoms with van der Waals surface area (Å²) in [7, 11) is 1.34. The molecule has 0 radical (unpaired) electrons. The molecule has 0 bridgehead atoms. The minimum atomic E-state index is -2.82. The Morgan fingerprint density at radius 1 is 1.64 bits per heavy atom. The molecule has 0 aromatic heterocycles. The van der Waals surface area contributed by atoms with Crippen molar-refractivity contribution in [1.29, 1.82) is 0 Å². The Balaban J connectivity index is 3.96. The highest BCUT2D eigenvalue weighted by Gasteiger charge is 2.27. The Bertz CT molecular complexity index is 194. The van der Waals surface area contributed by atoms with Gasteiger partial charge in [0.25, 0.3) is 0 Å². The number of hydrogen-bond acceptors (Lipinski definition) is 3. The van der Waals surface area contributed by atoms with Crippen molar-refractivity contribution in [2.24, 2.45) is 5.73 Å². The number of carbonyl (C=O) groups is 1. The molecule has 6 heteroatoms. The molecule has 4 N–H and O–H groups in total. The predicted molar refractivity (Wildman–Crippen MR) is 47.9 cm³/mol. The zero-order valence-electron chi connectivity index (χ0n) is 8.26. The van der Waals surface area contributed by atoms with E-state index >= 15 is 0 Å². The highest BCUT2D eigenvalue weighted by molar-refractivity contribution is 5.80. The molecule has 1 amide bonds. The van der Waals surface area contributed by atoms with Crippen LogP contribution in [0.4, 0.5) is 8.78 Å². The Hall–Kier alpha value is -0.750. The van der Waals surface area contributed by atoms with Crippen LogP contribution in [0.15, 0.2) is 0 Å². The summed E-state index contributed by atoms with van der Waals surface area (Å²) in [6.07, 6.45) is -1.97. The summed E-state index contributed by atoms with van der Waals surface area (Å²) in [5, 5.41) is 11.4. The van der Waals surface area contributed by atoms with Gasteiger partial charge in [-0.2, -0.15) is 0 Å². The number of hydrogen-bond donors (Lipinski definition) is 3. The fraction of sp³-hybridized carbons (Fsp3) is 0.875. The normalized spacial score (nSPS) is 16.1. The van der Waals surface area contributed by atoms with Crippen LogP contribution >= 0.6 is 0 Å². The third-order valence-electron chi connectivity index (χ3n) is 1.84. The summed E-state index contributed by atoms with van der Waals surface area (Å²) in [6, 6.07) is -0.958. The number of carbonyl (C=O) groups excluding carboxylic acids is 1. The van der Waals surface area contributed by atoms with E-state index < -0.39 is 30.4 Å². The number of nitrogens with one attached hydrogen (secondary N) is 1. The fourth-order valence-corrected chi connectivity index (χ4v) is 0.920. The van der Waals surface area contributed by atoms with E-state index in [-0.39, 0.29) is 6.42 Å². The highest BCUT2D eigenvalue weighted by Crippen LogP contribution is 2.19. The van der Waals surface area contributed by atoms with Gasteiger partial charge in [-0.05, 0) is 13.3 Å². The van der Waals surface area contributed by atoms with Crippen molar-refractivity contribution >= 4 is 5.91 Å². The Morgan fingerprint density at radius 3 is 2.50 bits per heavy atom. The van der Waals surface area contributed by atoms with Gasteiger partial charge in [0.1, 0.15) is 6.10 Å². The Labute approximate surface area is 81.5 Å². The van der Waals surface area contributed by atoms with Crippen LogP contribution in [0.1, 0.15) is 19.8 Å². The molecule has 0 saturated heterocycles. The van der Waals surface area contributed by atoms with E-state index in [1.807, 2.05) is 0 Å². The molecule has 0 spiro atoms. The topological polar surface area (TPSA) is 75.3 Å². The van der Waals surface area contributed by atoms with E-state index in [1.54, 1.807) is 0 Å². The third-order valence-corrected chi connectivity index (χ3v) is 1.84. The molecule has 84 valence electrons. The van der Waals surface area contributed by atoms with E-state index in [1.165, 1.54) is 7.05 Å². The van der Waals surface area contributed by atoms with Gasteiger partial charge in [0.2, 0.25) is 11.8 Å². The summed E-state index contributed by atoms with van der Waals surface area (Å²) in [6.45, 7) is 0.770. The molecule has 1 unspecified atom stereocenters. The van der Waals surface area contributed by atoms with Crippen LogP contribution in [0.2, 0.25) is 0 Å². The lowest BCUT2D eigenvalue weighted by molar-refractivity contribution is -0.130. The maximum atomic E-state index is 12.4. The van der Waals surface area contributed by atoms with Crippen molar-refractivity contribution in [1.82, 2.24) is 5.32 Å². The quantitative estimate of drug-likeness (QED) is 0.591. The van der Waals surface area contributed by atoms with Gasteiger partial charge in [0, 0.05) is 19.5 Å². The minimum Gasteiger partial charge on any atom is -0.382 e. The monoisotopic (exact) mass is 210 g/mol. The van der Waals surface area contributed by atoms with E-state index in [4.69, 9.17) is 5.73 Å². The molecule has 0 aliphatic rings. The van der Waals surface area contributed by atoms with E-state index in [0.29, 0.717) is 0 Å². The predicted octanol–water partition coefficient (Wildman–Crippen LogP) is -0.144. The van der Waals surface area contributed by atoms with Crippen LogP contribution in [-0.2, 0) is 4.79 Å². The number of alkyl halides is 2. The minimum absolute atomic E-state index is 0.0991. The van der Waals surface area contributed by atoms with Crippen LogP contribution < -0.4 is 11.1 Å². The van der Waals surface area contributed by atoms with Crippen molar-refractivity contribution in [3.63, 3.8) is 0 Å².